The lowest BCUT2D eigenvalue weighted by molar-refractivity contribution is -0.121. The molecule has 0 aliphatic carbocycles. The molecule has 0 atom stereocenters. The second-order valence-corrected chi connectivity index (χ2v) is 6.87. The predicted molar refractivity (Wildman–Crippen MR) is 135 cm³/mol. The Morgan fingerprint density at radius 1 is 0.735 bits per heavy atom. The van der Waals surface area contributed by atoms with E-state index >= 15 is 0 Å². The maximum absolute atomic E-state index is 12.2. The highest BCUT2D eigenvalue weighted by molar-refractivity contribution is 6.10. The van der Waals surface area contributed by atoms with Gasteiger partial charge in [-0.15, -0.1) is 12.4 Å². The molecule has 34 heavy (non-hydrogen) atoms. The highest BCUT2D eigenvalue weighted by Gasteiger charge is 2.08. The zero-order valence-corrected chi connectivity index (χ0v) is 20.1. The number of halogens is 1. The van der Waals surface area contributed by atoms with Crippen LogP contribution in [-0.4, -0.2) is 52.1 Å². The monoisotopic (exact) mass is 490 g/mol. The minimum atomic E-state index is -0.310. The van der Waals surface area contributed by atoms with Crippen LogP contribution in [-0.2, 0) is 9.59 Å². The SMILES string of the molecule is COc1cc(/C=C/C(=O)CC(=O)/C=C/c2ccc(OCCN)c(OC)c2)ccc1OCCN.Cl. The number of hydrogen-bond acceptors (Lipinski definition) is 8. The lowest BCUT2D eigenvalue weighted by Gasteiger charge is -2.10. The summed E-state index contributed by atoms with van der Waals surface area (Å²) in [6.45, 7) is 1.53. The molecular weight excluding hydrogens is 460 g/mol. The summed E-state index contributed by atoms with van der Waals surface area (Å²) in [6, 6.07) is 10.5. The Morgan fingerprint density at radius 3 is 1.50 bits per heavy atom. The van der Waals surface area contributed by atoms with Gasteiger partial charge in [0.2, 0.25) is 0 Å². The highest BCUT2D eigenvalue weighted by atomic mass is 35.5. The third-order valence-electron chi connectivity index (χ3n) is 4.40. The van der Waals surface area contributed by atoms with E-state index in [9.17, 15) is 9.59 Å². The number of methoxy groups -OCH3 is 2. The van der Waals surface area contributed by atoms with E-state index in [2.05, 4.69) is 0 Å². The van der Waals surface area contributed by atoms with Crippen molar-refractivity contribution in [3.63, 3.8) is 0 Å². The molecule has 0 bridgehead atoms. The number of carbonyl (C=O) groups is 2. The van der Waals surface area contributed by atoms with Crippen LogP contribution < -0.4 is 30.4 Å². The Labute approximate surface area is 205 Å². The molecule has 0 saturated heterocycles. The van der Waals surface area contributed by atoms with Crippen LogP contribution in [0.25, 0.3) is 12.2 Å². The molecule has 8 nitrogen and oxygen atoms in total. The second kappa shape index (κ2) is 15.5. The number of hydrogen-bond donors (Lipinski definition) is 2. The third kappa shape index (κ3) is 9.27. The molecule has 0 aromatic heterocycles. The summed E-state index contributed by atoms with van der Waals surface area (Å²) < 4.78 is 21.6. The van der Waals surface area contributed by atoms with Gasteiger partial charge in [0.15, 0.2) is 34.6 Å². The molecule has 2 aromatic rings. The van der Waals surface area contributed by atoms with E-state index in [1.54, 1.807) is 48.6 Å². The Hall–Kier alpha value is -3.33. The first kappa shape index (κ1) is 28.7. The highest BCUT2D eigenvalue weighted by Crippen LogP contribution is 2.29. The fourth-order valence-electron chi connectivity index (χ4n) is 2.82. The van der Waals surface area contributed by atoms with Gasteiger partial charge >= 0.3 is 0 Å². The molecule has 184 valence electrons. The van der Waals surface area contributed by atoms with Crippen molar-refractivity contribution >= 4 is 36.1 Å². The fraction of sp³-hybridized carbons (Fsp3) is 0.280. The Morgan fingerprint density at radius 2 is 1.15 bits per heavy atom. The van der Waals surface area contributed by atoms with Crippen LogP contribution in [0.1, 0.15) is 17.5 Å². The van der Waals surface area contributed by atoms with Crippen molar-refractivity contribution in [2.45, 2.75) is 6.42 Å². The summed E-state index contributed by atoms with van der Waals surface area (Å²) in [5.74, 6) is 1.59. The topological polar surface area (TPSA) is 123 Å². The zero-order chi connectivity index (χ0) is 24.1. The van der Waals surface area contributed by atoms with E-state index in [-0.39, 0.29) is 30.4 Å². The van der Waals surface area contributed by atoms with Crippen LogP contribution >= 0.6 is 12.4 Å². The fourth-order valence-corrected chi connectivity index (χ4v) is 2.82. The summed E-state index contributed by atoms with van der Waals surface area (Å²) in [5, 5.41) is 0. The van der Waals surface area contributed by atoms with Crippen molar-refractivity contribution in [3.8, 4) is 23.0 Å². The lowest BCUT2D eigenvalue weighted by Crippen LogP contribution is -2.11. The average Bonchev–Trinajstić information content (AvgIpc) is 2.83. The summed E-state index contributed by atoms with van der Waals surface area (Å²) >= 11 is 0. The molecule has 0 aliphatic rings. The largest absolute Gasteiger partial charge is 0.493 e. The second-order valence-electron chi connectivity index (χ2n) is 6.87. The quantitative estimate of drug-likeness (QED) is 0.306. The Bertz CT molecular complexity index is 927. The minimum Gasteiger partial charge on any atom is -0.493 e. The number of nitrogens with two attached hydrogens (primary N) is 2. The molecule has 0 saturated carbocycles. The van der Waals surface area contributed by atoms with Gasteiger partial charge in [0.05, 0.1) is 20.6 Å². The van der Waals surface area contributed by atoms with Crippen LogP contribution in [0, 0.1) is 0 Å². The van der Waals surface area contributed by atoms with Crippen LogP contribution in [0.15, 0.2) is 48.6 Å². The molecule has 0 aliphatic heterocycles. The molecule has 0 spiro atoms. The van der Waals surface area contributed by atoms with Crippen molar-refractivity contribution < 1.29 is 28.5 Å². The lowest BCUT2D eigenvalue weighted by atomic mass is 10.1. The number of carbonyl (C=O) groups excluding carboxylic acids is 2. The van der Waals surface area contributed by atoms with Crippen LogP contribution in [0.4, 0.5) is 0 Å². The van der Waals surface area contributed by atoms with Crippen LogP contribution in [0.5, 0.6) is 23.0 Å². The zero-order valence-electron chi connectivity index (χ0n) is 19.3. The minimum absolute atomic E-state index is 0. The number of ketones is 2. The number of benzene rings is 2. The smallest absolute Gasteiger partial charge is 0.163 e. The van der Waals surface area contributed by atoms with Crippen molar-refractivity contribution in [2.24, 2.45) is 11.5 Å². The van der Waals surface area contributed by atoms with Gasteiger partial charge in [-0.2, -0.15) is 0 Å². The molecule has 2 rings (SSSR count). The molecule has 0 unspecified atom stereocenters. The van der Waals surface area contributed by atoms with E-state index in [0.29, 0.717) is 49.3 Å². The van der Waals surface area contributed by atoms with Crippen LogP contribution in [0.3, 0.4) is 0 Å². The first-order valence-electron chi connectivity index (χ1n) is 10.4. The van der Waals surface area contributed by atoms with E-state index in [0.717, 1.165) is 11.1 Å². The van der Waals surface area contributed by atoms with Gasteiger partial charge in [-0.3, -0.25) is 9.59 Å². The van der Waals surface area contributed by atoms with Gasteiger partial charge in [-0.1, -0.05) is 24.3 Å². The summed E-state index contributed by atoms with van der Waals surface area (Å²) in [5.41, 5.74) is 12.4. The van der Waals surface area contributed by atoms with Crippen molar-refractivity contribution in [2.75, 3.05) is 40.5 Å². The van der Waals surface area contributed by atoms with Crippen LogP contribution in [0.2, 0.25) is 0 Å². The van der Waals surface area contributed by atoms with Gasteiger partial charge in [-0.25, -0.2) is 0 Å². The molecule has 9 heteroatoms. The number of rotatable bonds is 14. The molecule has 0 heterocycles. The van der Waals surface area contributed by atoms with E-state index in [1.165, 1.54) is 26.4 Å². The molecule has 2 aromatic carbocycles. The first-order valence-corrected chi connectivity index (χ1v) is 10.4. The number of ether oxygens (including phenoxy) is 4. The summed E-state index contributed by atoms with van der Waals surface area (Å²) in [4.78, 5) is 24.4. The van der Waals surface area contributed by atoms with E-state index < -0.39 is 0 Å². The normalized spacial score (nSPS) is 10.7. The molecule has 0 radical (unpaired) electrons. The van der Waals surface area contributed by atoms with Gasteiger partial charge in [0.25, 0.3) is 0 Å². The molecule has 0 amide bonds. The molecule has 0 fully saturated rings. The van der Waals surface area contributed by atoms with Gasteiger partial charge in [-0.05, 0) is 47.5 Å². The molecular formula is C25H31ClN2O6. The van der Waals surface area contributed by atoms with Gasteiger partial charge < -0.3 is 30.4 Å². The van der Waals surface area contributed by atoms with Crippen molar-refractivity contribution in [1.29, 1.82) is 0 Å². The third-order valence-corrected chi connectivity index (χ3v) is 4.40. The maximum Gasteiger partial charge on any atom is 0.163 e. The van der Waals surface area contributed by atoms with Gasteiger partial charge in [0, 0.05) is 13.1 Å². The standard InChI is InChI=1S/C25H30N2O6.ClH/c1-30-24-15-18(5-9-22(24)32-13-11-26)3-7-20(28)17-21(29)8-4-19-6-10-23(33-14-12-27)25(16-19)31-2;/h3-10,15-16H,11-14,17,26-27H2,1-2H3;1H/b7-3+,8-4+;. The van der Waals surface area contributed by atoms with Gasteiger partial charge in [0.1, 0.15) is 13.2 Å². The van der Waals surface area contributed by atoms with Crippen molar-refractivity contribution in [1.82, 2.24) is 0 Å². The predicted octanol–water partition coefficient (Wildman–Crippen LogP) is 3.06. The molecule has 4 N–H and O–H groups in total. The Balaban J connectivity index is 0.00000578. The summed E-state index contributed by atoms with van der Waals surface area (Å²) in [7, 11) is 3.06. The van der Waals surface area contributed by atoms with E-state index in [4.69, 9.17) is 30.4 Å². The number of allylic oxidation sites excluding steroid dienone is 2. The average molecular weight is 491 g/mol. The Kier molecular flexibility index (Phi) is 13.1. The summed E-state index contributed by atoms with van der Waals surface area (Å²) in [6.07, 6.45) is 5.75. The van der Waals surface area contributed by atoms with Crippen molar-refractivity contribution in [3.05, 3.63) is 59.7 Å². The maximum atomic E-state index is 12.2. The first-order chi connectivity index (χ1) is 16.0. The van der Waals surface area contributed by atoms with E-state index in [1.807, 2.05) is 0 Å².